The molecular weight excluding hydrogens is 234 g/mol. The average molecular weight is 255 g/mol. The van der Waals surface area contributed by atoms with Crippen LogP contribution in [-0.2, 0) is 24.1 Å². The van der Waals surface area contributed by atoms with Gasteiger partial charge in [0.1, 0.15) is 0 Å². The van der Waals surface area contributed by atoms with Crippen LogP contribution in [0.15, 0.2) is 6.07 Å². The molecule has 0 saturated carbocycles. The van der Waals surface area contributed by atoms with Crippen molar-refractivity contribution in [2.75, 3.05) is 19.8 Å². The maximum Gasteiger partial charge on any atom is 0.0897 e. The zero-order valence-corrected chi connectivity index (χ0v) is 11.2. The maximum atomic E-state index is 9.59. The molecule has 0 saturated heterocycles. The summed E-state index contributed by atoms with van der Waals surface area (Å²) in [4.78, 5) is 2.95. The smallest absolute Gasteiger partial charge is 0.0897 e. The van der Waals surface area contributed by atoms with E-state index in [0.29, 0.717) is 19.8 Å². The Kier molecular flexibility index (Phi) is 4.98. The Morgan fingerprint density at radius 3 is 3.18 bits per heavy atom. The third kappa shape index (κ3) is 3.78. The van der Waals surface area contributed by atoms with Gasteiger partial charge in [-0.1, -0.05) is 0 Å². The van der Waals surface area contributed by atoms with Crippen molar-refractivity contribution in [2.24, 2.45) is 0 Å². The highest BCUT2D eigenvalue weighted by Gasteiger charge is 2.14. The fourth-order valence-corrected chi connectivity index (χ4v) is 3.38. The summed E-state index contributed by atoms with van der Waals surface area (Å²) in [6.07, 6.45) is 3.43. The predicted molar refractivity (Wildman–Crippen MR) is 70.6 cm³/mol. The van der Waals surface area contributed by atoms with E-state index in [4.69, 9.17) is 4.74 Å². The minimum absolute atomic E-state index is 0.401. The minimum Gasteiger partial charge on any atom is -0.389 e. The van der Waals surface area contributed by atoms with Crippen LogP contribution in [0.2, 0.25) is 0 Å². The molecule has 0 radical (unpaired) electrons. The number of aliphatic hydroxyl groups excluding tert-OH is 1. The van der Waals surface area contributed by atoms with Crippen molar-refractivity contribution in [1.29, 1.82) is 0 Å². The molecule has 0 amide bonds. The zero-order chi connectivity index (χ0) is 12.1. The van der Waals surface area contributed by atoms with E-state index in [1.54, 1.807) is 10.4 Å². The van der Waals surface area contributed by atoms with Crippen LogP contribution < -0.4 is 5.32 Å². The summed E-state index contributed by atoms with van der Waals surface area (Å²) in [6, 6.07) is 2.31. The van der Waals surface area contributed by atoms with E-state index >= 15 is 0 Å². The van der Waals surface area contributed by atoms with Crippen LogP contribution in [0.3, 0.4) is 0 Å². The summed E-state index contributed by atoms with van der Waals surface area (Å²) in [5.74, 6) is 0. The van der Waals surface area contributed by atoms with Crippen molar-refractivity contribution in [2.45, 2.75) is 38.8 Å². The number of fused-ring (bicyclic) bond motifs is 1. The number of aryl methyl sites for hydroxylation is 2. The van der Waals surface area contributed by atoms with Crippen LogP contribution in [0.1, 0.15) is 28.7 Å². The normalized spacial score (nSPS) is 16.1. The molecular formula is C13H21NO2S. The van der Waals surface area contributed by atoms with Crippen LogP contribution >= 0.6 is 11.3 Å². The summed E-state index contributed by atoms with van der Waals surface area (Å²) in [6.45, 7) is 4.48. The number of thiophene rings is 1. The molecule has 1 heterocycles. The maximum absolute atomic E-state index is 9.59. The van der Waals surface area contributed by atoms with Crippen molar-refractivity contribution >= 4 is 11.3 Å². The molecule has 0 aromatic carbocycles. The Morgan fingerprint density at radius 1 is 1.53 bits per heavy atom. The van der Waals surface area contributed by atoms with Gasteiger partial charge in [-0.2, -0.15) is 0 Å². The monoisotopic (exact) mass is 255 g/mol. The molecule has 0 aliphatic heterocycles. The SMILES string of the molecule is CCOCC(O)CNCc1cc2c(s1)CCC2. The second-order valence-electron chi connectivity index (χ2n) is 4.46. The first-order chi connectivity index (χ1) is 8.29. The number of ether oxygens (including phenoxy) is 1. The molecule has 1 aromatic rings. The Bertz CT molecular complexity index is 330. The predicted octanol–water partition coefficient (Wildman–Crippen LogP) is 1.72. The summed E-state index contributed by atoms with van der Waals surface area (Å²) in [7, 11) is 0. The molecule has 1 aliphatic carbocycles. The number of rotatable bonds is 7. The molecule has 2 N–H and O–H groups in total. The van der Waals surface area contributed by atoms with E-state index in [1.165, 1.54) is 24.1 Å². The quantitative estimate of drug-likeness (QED) is 0.779. The van der Waals surface area contributed by atoms with Crippen LogP contribution in [0.4, 0.5) is 0 Å². The largest absolute Gasteiger partial charge is 0.389 e. The van der Waals surface area contributed by atoms with Gasteiger partial charge in [0.2, 0.25) is 0 Å². The summed E-state index contributed by atoms with van der Waals surface area (Å²) in [5.41, 5.74) is 1.54. The summed E-state index contributed by atoms with van der Waals surface area (Å²) in [5, 5.41) is 12.9. The Morgan fingerprint density at radius 2 is 2.41 bits per heavy atom. The molecule has 0 bridgehead atoms. The molecule has 1 atom stereocenters. The Labute approximate surface area is 107 Å². The molecule has 1 unspecified atom stereocenters. The van der Waals surface area contributed by atoms with Crippen molar-refractivity contribution in [3.05, 3.63) is 21.4 Å². The number of nitrogens with one attached hydrogen (secondary N) is 1. The average Bonchev–Trinajstić information content (AvgIpc) is 2.86. The number of hydrogen-bond donors (Lipinski definition) is 2. The molecule has 96 valence electrons. The lowest BCUT2D eigenvalue weighted by Gasteiger charge is -2.10. The molecule has 1 aromatic heterocycles. The zero-order valence-electron chi connectivity index (χ0n) is 10.4. The lowest BCUT2D eigenvalue weighted by Crippen LogP contribution is -2.29. The molecule has 4 heteroatoms. The highest BCUT2D eigenvalue weighted by atomic mass is 32.1. The molecule has 17 heavy (non-hydrogen) atoms. The van der Waals surface area contributed by atoms with E-state index in [2.05, 4.69) is 11.4 Å². The highest BCUT2D eigenvalue weighted by molar-refractivity contribution is 7.12. The lowest BCUT2D eigenvalue weighted by atomic mass is 10.2. The van der Waals surface area contributed by atoms with Crippen LogP contribution in [0.25, 0.3) is 0 Å². The standard InChI is InChI=1S/C13H21NO2S/c1-2-16-9-11(15)7-14-8-12-6-10-4-3-5-13(10)17-12/h6,11,14-15H,2-5,7-9H2,1H3. The van der Waals surface area contributed by atoms with Gasteiger partial charge in [0.05, 0.1) is 12.7 Å². The van der Waals surface area contributed by atoms with Gasteiger partial charge >= 0.3 is 0 Å². The van der Waals surface area contributed by atoms with Gasteiger partial charge < -0.3 is 15.2 Å². The third-order valence-electron chi connectivity index (χ3n) is 2.99. The van der Waals surface area contributed by atoms with Crippen molar-refractivity contribution in [3.63, 3.8) is 0 Å². The van der Waals surface area contributed by atoms with Gasteiger partial charge in [-0.15, -0.1) is 11.3 Å². The second kappa shape index (κ2) is 6.50. The van der Waals surface area contributed by atoms with Crippen LogP contribution in [0, 0.1) is 0 Å². The fraction of sp³-hybridized carbons (Fsp3) is 0.692. The van der Waals surface area contributed by atoms with Crippen LogP contribution in [0.5, 0.6) is 0 Å². The number of hydrogen-bond acceptors (Lipinski definition) is 4. The van der Waals surface area contributed by atoms with Crippen molar-refractivity contribution < 1.29 is 9.84 Å². The first-order valence-corrected chi connectivity index (χ1v) is 7.18. The fourth-order valence-electron chi connectivity index (χ4n) is 2.15. The van der Waals surface area contributed by atoms with E-state index in [0.717, 1.165) is 6.54 Å². The highest BCUT2D eigenvalue weighted by Crippen LogP contribution is 2.30. The van der Waals surface area contributed by atoms with Gasteiger partial charge in [0.25, 0.3) is 0 Å². The second-order valence-corrected chi connectivity index (χ2v) is 5.68. The molecule has 1 aliphatic rings. The summed E-state index contributed by atoms with van der Waals surface area (Å²) < 4.78 is 5.16. The lowest BCUT2D eigenvalue weighted by molar-refractivity contribution is 0.0427. The van der Waals surface area contributed by atoms with E-state index in [9.17, 15) is 5.11 Å². The Balaban J connectivity index is 1.67. The first-order valence-electron chi connectivity index (χ1n) is 6.36. The molecule has 2 rings (SSSR count). The van der Waals surface area contributed by atoms with Gasteiger partial charge in [-0.05, 0) is 37.8 Å². The Hall–Kier alpha value is -0.420. The van der Waals surface area contributed by atoms with E-state index in [1.807, 2.05) is 18.3 Å². The van der Waals surface area contributed by atoms with Crippen molar-refractivity contribution in [3.8, 4) is 0 Å². The molecule has 0 fully saturated rings. The third-order valence-corrected chi connectivity index (χ3v) is 4.23. The number of aliphatic hydroxyl groups is 1. The van der Waals surface area contributed by atoms with Gasteiger partial charge in [-0.25, -0.2) is 0 Å². The first kappa shape index (κ1) is 13.0. The van der Waals surface area contributed by atoms with E-state index < -0.39 is 6.10 Å². The van der Waals surface area contributed by atoms with Crippen LogP contribution in [-0.4, -0.2) is 31.0 Å². The van der Waals surface area contributed by atoms with Gasteiger partial charge in [0, 0.05) is 29.5 Å². The van der Waals surface area contributed by atoms with E-state index in [-0.39, 0.29) is 0 Å². The minimum atomic E-state index is -0.401. The topological polar surface area (TPSA) is 41.5 Å². The molecule has 3 nitrogen and oxygen atoms in total. The molecule has 0 spiro atoms. The van der Waals surface area contributed by atoms with Gasteiger partial charge in [-0.3, -0.25) is 0 Å². The van der Waals surface area contributed by atoms with Crippen molar-refractivity contribution in [1.82, 2.24) is 5.32 Å². The van der Waals surface area contributed by atoms with Gasteiger partial charge in [0.15, 0.2) is 0 Å². The summed E-state index contributed by atoms with van der Waals surface area (Å²) >= 11 is 1.92.